The normalized spacial score (nSPS) is 8.86. The molecule has 2 rings (SSSR count). The van der Waals surface area contributed by atoms with E-state index in [2.05, 4.69) is 36.0 Å². The van der Waals surface area contributed by atoms with Crippen molar-refractivity contribution >= 4 is 11.9 Å². The van der Waals surface area contributed by atoms with Gasteiger partial charge in [0.1, 0.15) is 0 Å². The van der Waals surface area contributed by atoms with Gasteiger partial charge in [-0.1, -0.05) is 10.3 Å². The summed E-state index contributed by atoms with van der Waals surface area (Å²) in [4.78, 5) is 8.95. The topological polar surface area (TPSA) is 178 Å². The Hall–Kier alpha value is -2.66. The van der Waals surface area contributed by atoms with Gasteiger partial charge >= 0.3 is 5.95 Å². The van der Waals surface area contributed by atoms with Crippen LogP contribution in [-0.2, 0) is 0 Å². The number of nitrogens with one attached hydrogen (secondary N) is 2. The zero-order valence-corrected chi connectivity index (χ0v) is 6.52. The molecule has 12 nitrogen and oxygen atoms in total. The van der Waals surface area contributed by atoms with Crippen LogP contribution in [-0.4, -0.2) is 46.2 Å². The van der Waals surface area contributed by atoms with Gasteiger partial charge < -0.3 is 15.8 Å². The lowest BCUT2D eigenvalue weighted by Gasteiger charge is -1.79. The predicted octanol–water partition coefficient (Wildman–Crippen LogP) is -2.11. The monoisotopic (exact) mass is 200 g/mol. The summed E-state index contributed by atoms with van der Waals surface area (Å²) in [5, 5.41) is 32.8. The van der Waals surface area contributed by atoms with E-state index < -0.39 is 10.9 Å². The first-order valence-electron chi connectivity index (χ1n) is 3.07. The highest BCUT2D eigenvalue weighted by atomic mass is 16.6. The number of nitrogens with zero attached hydrogens (tertiary/aromatic N) is 7. The lowest BCUT2D eigenvalue weighted by molar-refractivity contribution is -0.394. The van der Waals surface area contributed by atoms with Gasteiger partial charge in [-0.2, -0.15) is 5.21 Å². The molecule has 0 atom stereocenters. The Labute approximate surface area is 75.0 Å². The van der Waals surface area contributed by atoms with Crippen molar-refractivity contribution < 1.29 is 4.92 Å². The standard InChI is InChI=1S/CHN5O2.CH3N5/c7-6(8)1-2-4-5-3-1;2-1-3-5-6-4-1/h(H,2,3,4,5);(H3,2,3,4,5,6). The highest BCUT2D eigenvalue weighted by Crippen LogP contribution is 1.91. The molecule has 2 heterocycles. The summed E-state index contributed by atoms with van der Waals surface area (Å²) < 4.78 is 0. The van der Waals surface area contributed by atoms with E-state index in [-0.39, 0.29) is 5.95 Å². The van der Waals surface area contributed by atoms with E-state index in [0.717, 1.165) is 0 Å². The first-order chi connectivity index (χ1) is 6.70. The number of nitrogens with two attached hydrogens (primary N) is 1. The fraction of sp³-hybridized carbons (Fsp3) is 0. The van der Waals surface area contributed by atoms with E-state index >= 15 is 0 Å². The summed E-state index contributed by atoms with van der Waals surface area (Å²) in [6.07, 6.45) is 0. The van der Waals surface area contributed by atoms with Gasteiger partial charge in [0.2, 0.25) is 0 Å². The van der Waals surface area contributed by atoms with Crippen molar-refractivity contribution in [2.24, 2.45) is 0 Å². The van der Waals surface area contributed by atoms with Crippen LogP contribution in [0.2, 0.25) is 0 Å². The molecule has 0 radical (unpaired) electrons. The van der Waals surface area contributed by atoms with E-state index in [0.29, 0.717) is 0 Å². The minimum atomic E-state index is -0.733. The van der Waals surface area contributed by atoms with E-state index in [9.17, 15) is 10.1 Å². The van der Waals surface area contributed by atoms with Crippen molar-refractivity contribution in [1.29, 1.82) is 0 Å². The summed E-state index contributed by atoms with van der Waals surface area (Å²) in [7, 11) is 0. The number of aromatic amines is 2. The highest BCUT2D eigenvalue weighted by Gasteiger charge is 2.08. The lowest BCUT2D eigenvalue weighted by Crippen LogP contribution is -1.88. The number of aromatic nitrogens is 8. The fourth-order valence-corrected chi connectivity index (χ4v) is 0.403. The van der Waals surface area contributed by atoms with Crippen LogP contribution >= 0.6 is 0 Å². The molecule has 74 valence electrons. The summed E-state index contributed by atoms with van der Waals surface area (Å²) >= 11 is 0. The first-order valence-corrected chi connectivity index (χ1v) is 3.07. The molecule has 0 saturated carbocycles. The predicted molar refractivity (Wildman–Crippen MR) is 39.4 cm³/mol. The van der Waals surface area contributed by atoms with Crippen molar-refractivity contribution in [3.8, 4) is 0 Å². The SMILES string of the molecule is Nc1nn[nH]n1.O=[N+]([O-])c1nn[nH]n1. The maximum atomic E-state index is 9.68. The summed E-state index contributed by atoms with van der Waals surface area (Å²) in [5.41, 5.74) is 4.96. The van der Waals surface area contributed by atoms with E-state index in [4.69, 9.17) is 5.73 Å². The minimum Gasteiger partial charge on any atom is -0.390 e. The molecule has 2 aromatic rings. The third-order valence-electron chi connectivity index (χ3n) is 0.859. The molecule has 0 aliphatic heterocycles. The summed E-state index contributed by atoms with van der Waals surface area (Å²) in [6.45, 7) is 0. The van der Waals surface area contributed by atoms with Crippen LogP contribution in [0.4, 0.5) is 11.9 Å². The Bertz CT molecular complexity index is 363. The largest absolute Gasteiger partial charge is 0.514 e. The molecule has 2 aromatic heterocycles. The number of nitro groups is 1. The molecule has 0 bridgehead atoms. The Balaban J connectivity index is 0.000000146. The van der Waals surface area contributed by atoms with Gasteiger partial charge in [0, 0.05) is 10.3 Å². The Morgan fingerprint density at radius 2 is 1.86 bits per heavy atom. The van der Waals surface area contributed by atoms with Gasteiger partial charge in [0.05, 0.1) is 5.10 Å². The molecular formula is C2H4N10O2. The molecule has 4 N–H and O–H groups in total. The zero-order valence-electron chi connectivity index (χ0n) is 6.52. The van der Waals surface area contributed by atoms with Gasteiger partial charge in [0.15, 0.2) is 0 Å². The molecule has 0 unspecified atom stereocenters. The second-order valence-corrected chi connectivity index (χ2v) is 1.74. The highest BCUT2D eigenvalue weighted by molar-refractivity contribution is 5.05. The van der Waals surface area contributed by atoms with Gasteiger partial charge in [-0.05, 0) is 10.1 Å². The van der Waals surface area contributed by atoms with E-state index in [1.54, 1.807) is 0 Å². The Kier molecular flexibility index (Phi) is 2.95. The van der Waals surface area contributed by atoms with Crippen molar-refractivity contribution in [3.63, 3.8) is 0 Å². The quantitative estimate of drug-likeness (QED) is 0.343. The number of tetrazole rings is 2. The smallest absolute Gasteiger partial charge is 0.390 e. The molecule has 0 saturated heterocycles. The van der Waals surface area contributed by atoms with Crippen LogP contribution in [0.5, 0.6) is 0 Å². The van der Waals surface area contributed by atoms with Crippen molar-refractivity contribution in [2.45, 2.75) is 0 Å². The minimum absolute atomic E-state index is 0.176. The Morgan fingerprint density at radius 3 is 2.07 bits per heavy atom. The van der Waals surface area contributed by atoms with Crippen LogP contribution in [0.1, 0.15) is 0 Å². The van der Waals surface area contributed by atoms with Crippen molar-refractivity contribution in [1.82, 2.24) is 41.2 Å². The molecule has 0 aliphatic rings. The average Bonchev–Trinajstić information content (AvgIpc) is 2.75. The molecule has 0 amide bonds. The third-order valence-corrected chi connectivity index (χ3v) is 0.859. The van der Waals surface area contributed by atoms with Gasteiger partial charge in [-0.3, -0.25) is 0 Å². The van der Waals surface area contributed by atoms with Gasteiger partial charge in [-0.25, -0.2) is 0 Å². The van der Waals surface area contributed by atoms with Crippen molar-refractivity contribution in [3.05, 3.63) is 10.1 Å². The zero-order chi connectivity index (χ0) is 10.4. The fourth-order valence-electron chi connectivity index (χ4n) is 0.403. The number of hydrogen-bond acceptors (Lipinski definition) is 9. The van der Waals surface area contributed by atoms with Crippen LogP contribution < -0.4 is 5.73 Å². The second kappa shape index (κ2) is 4.39. The average molecular weight is 200 g/mol. The summed E-state index contributed by atoms with van der Waals surface area (Å²) in [6, 6.07) is 0. The van der Waals surface area contributed by atoms with Crippen LogP contribution in [0.15, 0.2) is 0 Å². The van der Waals surface area contributed by atoms with Crippen molar-refractivity contribution in [2.75, 3.05) is 5.73 Å². The molecule has 12 heteroatoms. The molecule has 0 fully saturated rings. The van der Waals surface area contributed by atoms with Gasteiger partial charge in [-0.15, -0.1) is 5.10 Å². The third kappa shape index (κ3) is 2.76. The van der Waals surface area contributed by atoms with Gasteiger partial charge in [0.25, 0.3) is 5.95 Å². The first kappa shape index (κ1) is 9.43. The summed E-state index contributed by atoms with van der Waals surface area (Å²) in [5.74, 6) is -0.333. The maximum Gasteiger partial charge on any atom is 0.514 e. The molecule has 14 heavy (non-hydrogen) atoms. The van der Waals surface area contributed by atoms with E-state index in [1.807, 2.05) is 5.21 Å². The maximum absolute atomic E-state index is 9.68. The number of H-pyrrole nitrogens is 2. The number of anilines is 1. The lowest BCUT2D eigenvalue weighted by atomic mass is 11.1. The molecular weight excluding hydrogens is 196 g/mol. The van der Waals surface area contributed by atoms with Crippen LogP contribution in [0, 0.1) is 10.1 Å². The molecule has 0 aliphatic carbocycles. The molecule has 0 spiro atoms. The number of rotatable bonds is 1. The number of nitrogen functional groups attached to an aromatic ring is 1. The molecule has 0 aromatic carbocycles. The Morgan fingerprint density at radius 1 is 1.21 bits per heavy atom. The second-order valence-electron chi connectivity index (χ2n) is 1.74. The number of hydrogen-bond donors (Lipinski definition) is 3. The van der Waals surface area contributed by atoms with Crippen LogP contribution in [0.25, 0.3) is 0 Å². The van der Waals surface area contributed by atoms with E-state index in [1.165, 1.54) is 0 Å². The van der Waals surface area contributed by atoms with Crippen LogP contribution in [0.3, 0.4) is 0 Å².